The number of hydrogen-bond acceptors (Lipinski definition) is 3. The van der Waals surface area contributed by atoms with Crippen molar-refractivity contribution in [1.82, 2.24) is 19.8 Å². The van der Waals surface area contributed by atoms with Gasteiger partial charge in [0.2, 0.25) is 5.91 Å². The predicted molar refractivity (Wildman–Crippen MR) is 141 cm³/mol. The van der Waals surface area contributed by atoms with Crippen LogP contribution in [0.1, 0.15) is 66.6 Å². The van der Waals surface area contributed by atoms with Gasteiger partial charge in [-0.1, -0.05) is 18.2 Å². The molecule has 1 fully saturated rings. The Balaban J connectivity index is 1.62. The van der Waals surface area contributed by atoms with E-state index < -0.39 is 0 Å². The number of hydrogen-bond donors (Lipinski definition) is 2. The molecule has 2 atom stereocenters. The highest BCUT2D eigenvalue weighted by Crippen LogP contribution is 2.41. The largest absolute Gasteiger partial charge is 0.352 e. The molecule has 1 aromatic carbocycles. The Morgan fingerprint density at radius 3 is 2.59 bits per heavy atom. The van der Waals surface area contributed by atoms with E-state index in [4.69, 9.17) is 12.2 Å². The zero-order chi connectivity index (χ0) is 24.4. The van der Waals surface area contributed by atoms with Crippen LogP contribution in [-0.2, 0) is 4.79 Å². The van der Waals surface area contributed by atoms with Gasteiger partial charge in [-0.2, -0.15) is 0 Å². The van der Waals surface area contributed by atoms with Crippen molar-refractivity contribution in [1.29, 1.82) is 0 Å². The topological polar surface area (TPSA) is 62.2 Å². The Bertz CT molecular complexity index is 1190. The van der Waals surface area contributed by atoms with Crippen LogP contribution in [0.25, 0.3) is 0 Å². The fourth-order valence-corrected chi connectivity index (χ4v) is 5.38. The Hall–Kier alpha value is -3.19. The molecule has 0 bridgehead atoms. The van der Waals surface area contributed by atoms with Crippen molar-refractivity contribution in [3.8, 4) is 0 Å². The lowest BCUT2D eigenvalue weighted by Crippen LogP contribution is -2.33. The lowest BCUT2D eigenvalue weighted by Gasteiger charge is -2.28. The van der Waals surface area contributed by atoms with Crippen LogP contribution < -0.4 is 10.6 Å². The van der Waals surface area contributed by atoms with E-state index in [0.29, 0.717) is 24.1 Å². The molecule has 0 unspecified atom stereocenters. The molecule has 1 saturated heterocycles. The number of thiocarbonyl (C=S) groups is 1. The minimum absolute atomic E-state index is 0.0268. The van der Waals surface area contributed by atoms with Crippen molar-refractivity contribution in [3.05, 3.63) is 82.9 Å². The van der Waals surface area contributed by atoms with Crippen LogP contribution >= 0.6 is 12.2 Å². The monoisotopic (exact) mass is 475 g/mol. The number of aryl methyl sites for hydroxylation is 2. The average Bonchev–Trinajstić information content (AvgIpc) is 3.27. The molecule has 178 valence electrons. The van der Waals surface area contributed by atoms with Gasteiger partial charge < -0.3 is 20.1 Å². The van der Waals surface area contributed by atoms with Crippen molar-refractivity contribution in [3.63, 3.8) is 0 Å². The molecule has 6 nitrogen and oxygen atoms in total. The second-order valence-corrected chi connectivity index (χ2v) is 9.66. The van der Waals surface area contributed by atoms with E-state index in [-0.39, 0.29) is 18.0 Å². The van der Waals surface area contributed by atoms with Crippen LogP contribution in [0, 0.1) is 20.8 Å². The van der Waals surface area contributed by atoms with Gasteiger partial charge in [0, 0.05) is 42.3 Å². The van der Waals surface area contributed by atoms with Crippen molar-refractivity contribution >= 4 is 28.9 Å². The number of carbonyl (C=O) groups is 1. The molecule has 0 radical (unpaired) electrons. The quantitative estimate of drug-likeness (QED) is 0.449. The first-order chi connectivity index (χ1) is 16.3. The molecule has 0 aliphatic carbocycles. The van der Waals surface area contributed by atoms with E-state index in [0.717, 1.165) is 16.9 Å². The maximum atomic E-state index is 12.8. The summed E-state index contributed by atoms with van der Waals surface area (Å²) in [7, 11) is 0. The number of nitrogens with zero attached hydrogens (tertiary/aromatic N) is 3. The normalized spacial score (nSPS) is 17.8. The summed E-state index contributed by atoms with van der Waals surface area (Å²) in [6.45, 7) is 11.2. The molecule has 0 spiro atoms. The van der Waals surface area contributed by atoms with Gasteiger partial charge in [-0.05, 0) is 88.3 Å². The number of rotatable bonds is 7. The molecule has 2 aromatic heterocycles. The minimum Gasteiger partial charge on any atom is -0.352 e. The maximum Gasteiger partial charge on any atom is 0.226 e. The summed E-state index contributed by atoms with van der Waals surface area (Å²) in [5.74, 6) is -0.0268. The summed E-state index contributed by atoms with van der Waals surface area (Å²) in [6, 6.07) is 16.3. The molecular formula is C27H33N5OS. The second-order valence-electron chi connectivity index (χ2n) is 9.28. The van der Waals surface area contributed by atoms with Crippen molar-refractivity contribution in [2.24, 2.45) is 0 Å². The molecule has 0 saturated carbocycles. The number of amides is 1. The molecule has 1 aliphatic rings. The highest BCUT2D eigenvalue weighted by atomic mass is 32.1. The van der Waals surface area contributed by atoms with E-state index in [1.54, 1.807) is 0 Å². The van der Waals surface area contributed by atoms with Gasteiger partial charge in [0.1, 0.15) is 0 Å². The number of aromatic nitrogens is 2. The molecule has 4 rings (SSSR count). The van der Waals surface area contributed by atoms with Crippen LogP contribution in [0.2, 0.25) is 0 Å². The summed E-state index contributed by atoms with van der Waals surface area (Å²) >= 11 is 5.78. The van der Waals surface area contributed by atoms with Gasteiger partial charge in [0.15, 0.2) is 5.11 Å². The lowest BCUT2D eigenvalue weighted by atomic mass is 9.96. The van der Waals surface area contributed by atoms with Gasteiger partial charge in [-0.15, -0.1) is 0 Å². The van der Waals surface area contributed by atoms with Crippen molar-refractivity contribution in [2.45, 2.75) is 59.2 Å². The summed E-state index contributed by atoms with van der Waals surface area (Å²) in [5, 5.41) is 7.15. The highest BCUT2D eigenvalue weighted by molar-refractivity contribution is 7.80. The summed E-state index contributed by atoms with van der Waals surface area (Å²) in [6.07, 6.45) is 2.15. The Morgan fingerprint density at radius 2 is 1.94 bits per heavy atom. The molecule has 7 heteroatoms. The third kappa shape index (κ3) is 4.85. The fourth-order valence-electron chi connectivity index (χ4n) is 5.05. The van der Waals surface area contributed by atoms with Crippen LogP contribution in [-0.4, -0.2) is 32.0 Å². The smallest absolute Gasteiger partial charge is 0.226 e. The zero-order valence-corrected chi connectivity index (χ0v) is 21.3. The molecule has 3 heterocycles. The van der Waals surface area contributed by atoms with Gasteiger partial charge in [-0.3, -0.25) is 9.78 Å². The van der Waals surface area contributed by atoms with Crippen molar-refractivity contribution in [2.75, 3.05) is 11.9 Å². The van der Waals surface area contributed by atoms with Crippen LogP contribution in [0.4, 0.5) is 5.69 Å². The molecule has 3 aromatic rings. The average molecular weight is 476 g/mol. The lowest BCUT2D eigenvalue weighted by molar-refractivity contribution is -0.116. The molecule has 1 aliphatic heterocycles. The molecule has 1 amide bonds. The second kappa shape index (κ2) is 9.97. The Labute approximate surface area is 207 Å². The molecule has 2 N–H and O–H groups in total. The van der Waals surface area contributed by atoms with E-state index in [2.05, 4.69) is 58.8 Å². The van der Waals surface area contributed by atoms with E-state index in [1.807, 2.05) is 55.6 Å². The highest BCUT2D eigenvalue weighted by Gasteiger charge is 2.41. The van der Waals surface area contributed by atoms with Gasteiger partial charge in [0.05, 0.1) is 17.8 Å². The van der Waals surface area contributed by atoms with E-state index in [9.17, 15) is 4.79 Å². The van der Waals surface area contributed by atoms with Crippen LogP contribution in [0.5, 0.6) is 0 Å². The fraction of sp³-hybridized carbons (Fsp3) is 0.370. The SMILES string of the molecule is Cc1cccc(NC(=O)CCN2C(=S)N[C@H](c3ccccn3)[C@H]2c2cc(C)n(C(C)C)c2C)c1. The van der Waals surface area contributed by atoms with Crippen molar-refractivity contribution < 1.29 is 4.79 Å². The first-order valence-corrected chi connectivity index (χ1v) is 12.2. The third-order valence-electron chi connectivity index (χ3n) is 6.44. The first-order valence-electron chi connectivity index (χ1n) is 11.8. The Morgan fingerprint density at radius 1 is 1.15 bits per heavy atom. The summed E-state index contributed by atoms with van der Waals surface area (Å²) in [5.41, 5.74) is 6.53. The van der Waals surface area contributed by atoms with Gasteiger partial charge in [-0.25, -0.2) is 0 Å². The Kier molecular flexibility index (Phi) is 7.03. The van der Waals surface area contributed by atoms with Crippen LogP contribution in [0.3, 0.4) is 0 Å². The number of benzene rings is 1. The zero-order valence-electron chi connectivity index (χ0n) is 20.5. The summed E-state index contributed by atoms with van der Waals surface area (Å²) < 4.78 is 2.36. The van der Waals surface area contributed by atoms with Gasteiger partial charge >= 0.3 is 0 Å². The number of nitrogens with one attached hydrogen (secondary N) is 2. The molecule has 34 heavy (non-hydrogen) atoms. The van der Waals surface area contributed by atoms with Gasteiger partial charge in [0.25, 0.3) is 0 Å². The first kappa shape index (κ1) is 24.0. The summed E-state index contributed by atoms with van der Waals surface area (Å²) in [4.78, 5) is 19.6. The number of pyridine rings is 1. The number of anilines is 1. The van der Waals surface area contributed by atoms with E-state index >= 15 is 0 Å². The predicted octanol–water partition coefficient (Wildman–Crippen LogP) is 5.39. The maximum absolute atomic E-state index is 12.8. The van der Waals surface area contributed by atoms with E-state index in [1.165, 1.54) is 17.0 Å². The third-order valence-corrected chi connectivity index (χ3v) is 6.79. The molecular weight excluding hydrogens is 442 g/mol. The minimum atomic E-state index is -0.0883. The van der Waals surface area contributed by atoms with Crippen LogP contribution in [0.15, 0.2) is 54.7 Å². The standard InChI is InChI=1S/C27H33N5OS/c1-17(2)32-19(4)16-22(20(32)5)26-25(23-11-6-7-13-28-23)30-27(34)31(26)14-12-24(33)29-21-10-8-9-18(3)15-21/h6-11,13,15-17,25-26H,12,14H2,1-5H3,(H,29,33)(H,30,34)/t25-,26-/m1/s1. The number of carbonyl (C=O) groups excluding carboxylic acids is 1.